The summed E-state index contributed by atoms with van der Waals surface area (Å²) in [5, 5.41) is 19.4. The molecule has 1 aromatic carbocycles. The van der Waals surface area contributed by atoms with Crippen molar-refractivity contribution in [2.75, 3.05) is 5.75 Å². The average molecular weight is 303 g/mol. The van der Waals surface area contributed by atoms with Crippen molar-refractivity contribution in [1.29, 1.82) is 0 Å². The van der Waals surface area contributed by atoms with E-state index in [1.807, 2.05) is 43.5 Å². The van der Waals surface area contributed by atoms with Gasteiger partial charge >= 0.3 is 0 Å². The SMILES string of the molecule is C=CCn1c(C)nnc1SCC(O)c1cc(C)cc(C)c1. The molecule has 21 heavy (non-hydrogen) atoms. The first-order valence-electron chi connectivity index (χ1n) is 6.91. The van der Waals surface area contributed by atoms with Crippen LogP contribution < -0.4 is 0 Å². The second kappa shape index (κ2) is 6.91. The van der Waals surface area contributed by atoms with Crippen molar-refractivity contribution < 1.29 is 5.11 Å². The van der Waals surface area contributed by atoms with Crippen LogP contribution >= 0.6 is 11.8 Å². The van der Waals surface area contributed by atoms with Gasteiger partial charge < -0.3 is 9.67 Å². The summed E-state index contributed by atoms with van der Waals surface area (Å²) in [6.07, 6.45) is 1.31. The number of aliphatic hydroxyl groups is 1. The van der Waals surface area contributed by atoms with Gasteiger partial charge in [0.15, 0.2) is 5.16 Å². The molecule has 2 aromatic rings. The number of nitrogens with zero attached hydrogens (tertiary/aromatic N) is 3. The maximum atomic E-state index is 10.4. The molecule has 0 saturated carbocycles. The molecule has 0 aliphatic carbocycles. The van der Waals surface area contributed by atoms with Gasteiger partial charge in [-0.3, -0.25) is 0 Å². The lowest BCUT2D eigenvalue weighted by Gasteiger charge is -2.12. The van der Waals surface area contributed by atoms with Gasteiger partial charge in [0.2, 0.25) is 0 Å². The van der Waals surface area contributed by atoms with E-state index in [4.69, 9.17) is 0 Å². The third kappa shape index (κ3) is 3.95. The summed E-state index contributed by atoms with van der Waals surface area (Å²) >= 11 is 1.51. The van der Waals surface area contributed by atoms with E-state index in [-0.39, 0.29) is 0 Å². The smallest absolute Gasteiger partial charge is 0.191 e. The first-order valence-corrected chi connectivity index (χ1v) is 7.89. The van der Waals surface area contributed by atoms with Gasteiger partial charge in [0, 0.05) is 12.3 Å². The van der Waals surface area contributed by atoms with Crippen molar-refractivity contribution in [3.63, 3.8) is 0 Å². The quantitative estimate of drug-likeness (QED) is 0.657. The summed E-state index contributed by atoms with van der Waals surface area (Å²) in [7, 11) is 0. The Bertz CT molecular complexity index is 616. The first kappa shape index (κ1) is 15.8. The van der Waals surface area contributed by atoms with Gasteiger partial charge in [-0.2, -0.15) is 0 Å². The molecule has 4 nitrogen and oxygen atoms in total. The second-order valence-electron chi connectivity index (χ2n) is 5.18. The summed E-state index contributed by atoms with van der Waals surface area (Å²) in [4.78, 5) is 0. The van der Waals surface area contributed by atoms with Crippen molar-refractivity contribution in [3.8, 4) is 0 Å². The molecule has 0 radical (unpaired) electrons. The Morgan fingerprint density at radius 1 is 1.24 bits per heavy atom. The van der Waals surface area contributed by atoms with E-state index in [9.17, 15) is 5.11 Å². The van der Waals surface area contributed by atoms with Crippen molar-refractivity contribution >= 4 is 11.8 Å². The number of aromatic nitrogens is 3. The number of allylic oxidation sites excluding steroid dienone is 1. The molecule has 1 N–H and O–H groups in total. The molecule has 0 bridgehead atoms. The zero-order valence-electron chi connectivity index (χ0n) is 12.7. The minimum atomic E-state index is -0.511. The molecular weight excluding hydrogens is 282 g/mol. The van der Waals surface area contributed by atoms with Crippen LogP contribution in [-0.4, -0.2) is 25.6 Å². The molecular formula is C16H21N3OS. The number of benzene rings is 1. The van der Waals surface area contributed by atoms with Crippen molar-refractivity contribution in [1.82, 2.24) is 14.8 Å². The molecule has 0 saturated heterocycles. The Morgan fingerprint density at radius 3 is 2.52 bits per heavy atom. The third-order valence-electron chi connectivity index (χ3n) is 3.21. The lowest BCUT2D eigenvalue weighted by atomic mass is 10.0. The highest BCUT2D eigenvalue weighted by molar-refractivity contribution is 7.99. The normalized spacial score (nSPS) is 12.4. The summed E-state index contributed by atoms with van der Waals surface area (Å²) in [5.74, 6) is 1.41. The van der Waals surface area contributed by atoms with E-state index in [1.54, 1.807) is 0 Å². The van der Waals surface area contributed by atoms with Crippen molar-refractivity contribution in [2.45, 2.75) is 38.6 Å². The molecule has 0 aliphatic rings. The lowest BCUT2D eigenvalue weighted by Crippen LogP contribution is -2.04. The van der Waals surface area contributed by atoms with Gasteiger partial charge in [-0.1, -0.05) is 47.2 Å². The van der Waals surface area contributed by atoms with Gasteiger partial charge in [-0.05, 0) is 26.3 Å². The van der Waals surface area contributed by atoms with Gasteiger partial charge in [0.1, 0.15) is 5.82 Å². The Morgan fingerprint density at radius 2 is 1.90 bits per heavy atom. The molecule has 5 heteroatoms. The second-order valence-corrected chi connectivity index (χ2v) is 6.16. The zero-order valence-corrected chi connectivity index (χ0v) is 13.5. The number of thioether (sulfide) groups is 1. The third-order valence-corrected chi connectivity index (χ3v) is 4.26. The Labute approximate surface area is 129 Å². The maximum Gasteiger partial charge on any atom is 0.191 e. The summed E-state index contributed by atoms with van der Waals surface area (Å²) in [5.41, 5.74) is 3.28. The fourth-order valence-corrected chi connectivity index (χ4v) is 3.22. The van der Waals surface area contributed by atoms with Crippen LogP contribution in [0.25, 0.3) is 0 Å². The molecule has 0 amide bonds. The number of aliphatic hydroxyl groups excluding tert-OH is 1. The van der Waals surface area contributed by atoms with Crippen molar-refractivity contribution in [3.05, 3.63) is 53.4 Å². The molecule has 0 spiro atoms. The molecule has 0 aliphatic heterocycles. The number of hydrogen-bond acceptors (Lipinski definition) is 4. The van der Waals surface area contributed by atoms with E-state index < -0.39 is 6.10 Å². The number of hydrogen-bond donors (Lipinski definition) is 1. The largest absolute Gasteiger partial charge is 0.388 e. The molecule has 1 atom stereocenters. The molecule has 112 valence electrons. The maximum absolute atomic E-state index is 10.4. The fraction of sp³-hybridized carbons (Fsp3) is 0.375. The van der Waals surface area contributed by atoms with Crippen LogP contribution in [-0.2, 0) is 6.54 Å². The Balaban J connectivity index is 2.07. The van der Waals surface area contributed by atoms with Crippen LogP contribution in [0.5, 0.6) is 0 Å². The van der Waals surface area contributed by atoms with Gasteiger partial charge in [0.25, 0.3) is 0 Å². The number of aryl methyl sites for hydroxylation is 3. The summed E-state index contributed by atoms with van der Waals surface area (Å²) in [6, 6.07) is 6.16. The van der Waals surface area contributed by atoms with Crippen LogP contribution in [0.4, 0.5) is 0 Å². The van der Waals surface area contributed by atoms with Gasteiger partial charge in [0.05, 0.1) is 6.10 Å². The predicted molar refractivity (Wildman–Crippen MR) is 86.6 cm³/mol. The highest BCUT2D eigenvalue weighted by atomic mass is 32.2. The van der Waals surface area contributed by atoms with E-state index >= 15 is 0 Å². The Kier molecular flexibility index (Phi) is 5.20. The van der Waals surface area contributed by atoms with E-state index in [1.165, 1.54) is 22.9 Å². The van der Waals surface area contributed by atoms with E-state index in [0.29, 0.717) is 12.3 Å². The summed E-state index contributed by atoms with van der Waals surface area (Å²) < 4.78 is 1.99. The predicted octanol–water partition coefficient (Wildman–Crippen LogP) is 3.22. The van der Waals surface area contributed by atoms with E-state index in [2.05, 4.69) is 22.8 Å². The van der Waals surface area contributed by atoms with Crippen molar-refractivity contribution in [2.24, 2.45) is 0 Å². The fourth-order valence-electron chi connectivity index (χ4n) is 2.26. The van der Waals surface area contributed by atoms with Crippen LogP contribution in [0.3, 0.4) is 0 Å². The highest BCUT2D eigenvalue weighted by Gasteiger charge is 2.13. The minimum absolute atomic E-state index is 0.511. The standard InChI is InChI=1S/C16H21N3OS/c1-5-6-19-13(4)17-18-16(19)21-10-15(20)14-8-11(2)7-12(3)9-14/h5,7-9,15,20H,1,6,10H2,2-4H3. The number of rotatable bonds is 6. The Hall–Kier alpha value is -1.59. The van der Waals surface area contributed by atoms with Gasteiger partial charge in [-0.25, -0.2) is 0 Å². The minimum Gasteiger partial charge on any atom is -0.388 e. The summed E-state index contributed by atoms with van der Waals surface area (Å²) in [6.45, 7) is 10.4. The van der Waals surface area contributed by atoms with E-state index in [0.717, 1.165) is 16.5 Å². The monoisotopic (exact) mass is 303 g/mol. The molecule has 1 unspecified atom stereocenters. The molecule has 1 heterocycles. The molecule has 2 rings (SSSR count). The van der Waals surface area contributed by atoms with Crippen LogP contribution in [0, 0.1) is 20.8 Å². The molecule has 1 aromatic heterocycles. The van der Waals surface area contributed by atoms with Gasteiger partial charge in [-0.15, -0.1) is 16.8 Å². The molecule has 0 fully saturated rings. The van der Waals surface area contributed by atoms with Crippen LogP contribution in [0.15, 0.2) is 36.0 Å². The van der Waals surface area contributed by atoms with Crippen LogP contribution in [0.2, 0.25) is 0 Å². The highest BCUT2D eigenvalue weighted by Crippen LogP contribution is 2.25. The first-order chi connectivity index (χ1) is 10.0. The topological polar surface area (TPSA) is 50.9 Å². The zero-order chi connectivity index (χ0) is 15.4. The average Bonchev–Trinajstić information content (AvgIpc) is 2.77. The lowest BCUT2D eigenvalue weighted by molar-refractivity contribution is 0.204. The van der Waals surface area contributed by atoms with Crippen LogP contribution in [0.1, 0.15) is 28.6 Å².